The van der Waals surface area contributed by atoms with Crippen LogP contribution < -0.4 is 5.32 Å². The third-order valence-corrected chi connectivity index (χ3v) is 5.43. The first-order valence-electron chi connectivity index (χ1n) is 10.3. The van der Waals surface area contributed by atoms with Crippen molar-refractivity contribution in [3.63, 3.8) is 0 Å². The molecule has 4 rings (SSSR count). The van der Waals surface area contributed by atoms with Crippen LogP contribution in [0.15, 0.2) is 53.7 Å². The first-order chi connectivity index (χ1) is 15.1. The molecule has 2 heterocycles. The second-order valence-electron chi connectivity index (χ2n) is 7.54. The van der Waals surface area contributed by atoms with E-state index in [1.54, 1.807) is 19.2 Å². The molecule has 2 aromatic carbocycles. The second kappa shape index (κ2) is 9.27. The SMILES string of the molecule is COC(Cn1c(C2=NON(C)C2NCCC#N)nc2ccccc21)c1ccc(C)cc1. The van der Waals surface area contributed by atoms with Gasteiger partial charge in [0.1, 0.15) is 12.3 Å². The molecule has 0 saturated heterocycles. The molecule has 0 aliphatic carbocycles. The lowest BCUT2D eigenvalue weighted by molar-refractivity contribution is -0.136. The van der Waals surface area contributed by atoms with E-state index >= 15 is 0 Å². The molecule has 2 unspecified atom stereocenters. The van der Waals surface area contributed by atoms with E-state index in [0.717, 1.165) is 16.6 Å². The quantitative estimate of drug-likeness (QED) is 0.566. The van der Waals surface area contributed by atoms with Gasteiger partial charge < -0.3 is 9.30 Å². The maximum Gasteiger partial charge on any atom is 0.162 e. The van der Waals surface area contributed by atoms with Crippen LogP contribution in [-0.4, -0.2) is 47.2 Å². The normalized spacial score (nSPS) is 17.4. The first-order valence-corrected chi connectivity index (χ1v) is 10.3. The average Bonchev–Trinajstić information content (AvgIpc) is 3.33. The van der Waals surface area contributed by atoms with E-state index in [1.165, 1.54) is 5.56 Å². The topological polar surface area (TPSA) is 87.7 Å². The molecule has 31 heavy (non-hydrogen) atoms. The number of methoxy groups -OCH3 is 1. The number of imidazole rings is 1. The van der Waals surface area contributed by atoms with Crippen molar-refractivity contribution in [3.8, 4) is 6.07 Å². The summed E-state index contributed by atoms with van der Waals surface area (Å²) in [5.74, 6) is 0.717. The van der Waals surface area contributed by atoms with Crippen LogP contribution in [0.25, 0.3) is 11.0 Å². The average molecular weight is 419 g/mol. The minimum Gasteiger partial charge on any atom is -0.375 e. The van der Waals surface area contributed by atoms with Crippen LogP contribution in [0.3, 0.4) is 0 Å². The van der Waals surface area contributed by atoms with Gasteiger partial charge in [0, 0.05) is 27.1 Å². The van der Waals surface area contributed by atoms with Crippen molar-refractivity contribution >= 4 is 16.7 Å². The Kier molecular flexibility index (Phi) is 6.28. The van der Waals surface area contributed by atoms with Crippen LogP contribution in [0, 0.1) is 18.3 Å². The molecule has 1 aliphatic rings. The molecule has 0 amide bonds. The molecular weight excluding hydrogens is 392 g/mol. The maximum atomic E-state index is 8.88. The van der Waals surface area contributed by atoms with Gasteiger partial charge in [0.2, 0.25) is 0 Å². The molecule has 0 fully saturated rings. The van der Waals surface area contributed by atoms with Gasteiger partial charge in [-0.2, -0.15) is 5.26 Å². The molecule has 3 aromatic rings. The van der Waals surface area contributed by atoms with Crippen LogP contribution in [0.4, 0.5) is 0 Å². The fraction of sp³-hybridized carbons (Fsp3) is 0.348. The number of para-hydroxylation sites is 2. The number of ether oxygens (including phenoxy) is 1. The van der Waals surface area contributed by atoms with Crippen molar-refractivity contribution in [2.45, 2.75) is 32.2 Å². The summed E-state index contributed by atoms with van der Waals surface area (Å²) < 4.78 is 7.99. The Hall–Kier alpha value is -3.25. The van der Waals surface area contributed by atoms with Gasteiger partial charge in [0.05, 0.1) is 23.6 Å². The molecule has 1 N–H and O–H groups in total. The third-order valence-electron chi connectivity index (χ3n) is 5.43. The minimum absolute atomic E-state index is 0.150. The van der Waals surface area contributed by atoms with Gasteiger partial charge in [0.25, 0.3) is 0 Å². The summed E-state index contributed by atoms with van der Waals surface area (Å²) in [5.41, 5.74) is 4.86. The molecule has 2 atom stereocenters. The number of hydroxylamine groups is 2. The van der Waals surface area contributed by atoms with Crippen molar-refractivity contribution in [2.75, 3.05) is 20.7 Å². The largest absolute Gasteiger partial charge is 0.375 e. The molecule has 0 bridgehead atoms. The Balaban J connectivity index is 1.72. The predicted octanol–water partition coefficient (Wildman–Crippen LogP) is 3.14. The molecule has 1 aromatic heterocycles. The van der Waals surface area contributed by atoms with Gasteiger partial charge in [-0.3, -0.25) is 10.3 Å². The van der Waals surface area contributed by atoms with Gasteiger partial charge >= 0.3 is 0 Å². The fourth-order valence-electron chi connectivity index (χ4n) is 3.75. The minimum atomic E-state index is -0.302. The second-order valence-corrected chi connectivity index (χ2v) is 7.54. The molecule has 0 radical (unpaired) electrons. The maximum absolute atomic E-state index is 8.88. The molecule has 8 nitrogen and oxygen atoms in total. The number of fused-ring (bicyclic) bond motifs is 1. The summed E-state index contributed by atoms with van der Waals surface area (Å²) in [6.45, 7) is 3.17. The van der Waals surface area contributed by atoms with Crippen LogP contribution in [-0.2, 0) is 16.2 Å². The van der Waals surface area contributed by atoms with Crippen molar-refractivity contribution < 1.29 is 9.68 Å². The summed E-state index contributed by atoms with van der Waals surface area (Å²) >= 11 is 0. The van der Waals surface area contributed by atoms with Crippen molar-refractivity contribution in [1.82, 2.24) is 19.9 Å². The number of benzene rings is 2. The van der Waals surface area contributed by atoms with Crippen molar-refractivity contribution in [1.29, 1.82) is 5.26 Å². The highest BCUT2D eigenvalue weighted by atomic mass is 16.8. The highest BCUT2D eigenvalue weighted by Gasteiger charge is 2.34. The van der Waals surface area contributed by atoms with Crippen LogP contribution in [0.1, 0.15) is 29.5 Å². The van der Waals surface area contributed by atoms with E-state index in [0.29, 0.717) is 31.0 Å². The number of hydrogen-bond donors (Lipinski definition) is 1. The Labute approximate surface area is 181 Å². The lowest BCUT2D eigenvalue weighted by Crippen LogP contribution is -2.46. The van der Waals surface area contributed by atoms with E-state index in [9.17, 15) is 0 Å². The zero-order valence-corrected chi connectivity index (χ0v) is 17.9. The highest BCUT2D eigenvalue weighted by molar-refractivity contribution is 6.04. The van der Waals surface area contributed by atoms with Gasteiger partial charge in [-0.1, -0.05) is 52.2 Å². The summed E-state index contributed by atoms with van der Waals surface area (Å²) in [6.07, 6.45) is -0.0559. The zero-order valence-electron chi connectivity index (χ0n) is 17.9. The number of hydrogen-bond acceptors (Lipinski definition) is 7. The molecule has 160 valence electrons. The lowest BCUT2D eigenvalue weighted by Gasteiger charge is -2.21. The zero-order chi connectivity index (χ0) is 21.8. The van der Waals surface area contributed by atoms with Crippen molar-refractivity contribution in [3.05, 3.63) is 65.5 Å². The summed E-state index contributed by atoms with van der Waals surface area (Å²) in [7, 11) is 3.53. The van der Waals surface area contributed by atoms with Crippen LogP contribution in [0.2, 0.25) is 0 Å². The number of rotatable bonds is 8. The van der Waals surface area contributed by atoms with E-state index in [1.807, 2.05) is 24.3 Å². The van der Waals surface area contributed by atoms with Crippen molar-refractivity contribution in [2.24, 2.45) is 5.16 Å². The number of likely N-dealkylation sites (N-methyl/N-ethyl adjacent to an activating group) is 1. The number of nitrogens with one attached hydrogen (secondary N) is 1. The predicted molar refractivity (Wildman–Crippen MR) is 118 cm³/mol. The highest BCUT2D eigenvalue weighted by Crippen LogP contribution is 2.26. The van der Waals surface area contributed by atoms with Gasteiger partial charge in [-0.25, -0.2) is 4.98 Å². The van der Waals surface area contributed by atoms with Gasteiger partial charge in [-0.15, -0.1) is 0 Å². The Bertz CT molecular complexity index is 1120. The Morgan fingerprint density at radius 3 is 2.74 bits per heavy atom. The molecule has 8 heteroatoms. The number of nitriles is 1. The number of aryl methyl sites for hydroxylation is 1. The molecule has 1 aliphatic heterocycles. The van der Waals surface area contributed by atoms with E-state index < -0.39 is 0 Å². The van der Waals surface area contributed by atoms with Gasteiger partial charge in [-0.05, 0) is 24.6 Å². The fourth-order valence-corrected chi connectivity index (χ4v) is 3.75. The third kappa shape index (κ3) is 4.30. The van der Waals surface area contributed by atoms with E-state index in [4.69, 9.17) is 19.9 Å². The Morgan fingerprint density at radius 2 is 2.00 bits per heavy atom. The molecule has 0 spiro atoms. The summed E-state index contributed by atoms with van der Waals surface area (Å²) in [5, 5.41) is 18.1. The van der Waals surface area contributed by atoms with E-state index in [-0.39, 0.29) is 12.3 Å². The first kappa shape index (κ1) is 21.0. The standard InChI is InChI=1S/C23H26N6O2/c1-16-9-11-17(12-10-16)20(30-3)15-29-19-8-5-4-7-18(19)26-23(29)21-22(25-14-6-13-24)28(2)31-27-21/h4-5,7-12,20,22,25H,6,14-15H2,1-3H3. The lowest BCUT2D eigenvalue weighted by atomic mass is 10.1. The smallest absolute Gasteiger partial charge is 0.162 e. The number of aromatic nitrogens is 2. The summed E-state index contributed by atoms with van der Waals surface area (Å²) in [4.78, 5) is 10.3. The molecular formula is C23H26N6O2. The van der Waals surface area contributed by atoms with E-state index in [2.05, 4.69) is 52.3 Å². The monoisotopic (exact) mass is 418 g/mol. The van der Waals surface area contributed by atoms with Gasteiger partial charge in [0.15, 0.2) is 11.5 Å². The molecule has 0 saturated carbocycles. The number of nitrogens with zero attached hydrogens (tertiary/aromatic N) is 5. The Morgan fingerprint density at radius 1 is 1.23 bits per heavy atom. The van der Waals surface area contributed by atoms with Crippen LogP contribution in [0.5, 0.6) is 0 Å². The number of oxime groups is 1. The summed E-state index contributed by atoms with van der Waals surface area (Å²) in [6, 6.07) is 18.5. The van der Waals surface area contributed by atoms with Crippen LogP contribution >= 0.6 is 0 Å².